The van der Waals surface area contributed by atoms with E-state index in [2.05, 4.69) is 16.0 Å². The largest absolute Gasteiger partial charge is 0.467 e. The number of carbonyl (C=O) groups is 1. The molecule has 1 saturated heterocycles. The lowest BCUT2D eigenvalue weighted by atomic mass is 9.83. The van der Waals surface area contributed by atoms with Gasteiger partial charge in [0, 0.05) is 12.6 Å². The van der Waals surface area contributed by atoms with Crippen LogP contribution in [0.4, 0.5) is 0 Å². The van der Waals surface area contributed by atoms with E-state index in [4.69, 9.17) is 41.3 Å². The fraction of sp³-hybridized carbons (Fsp3) is 0.880. The van der Waals surface area contributed by atoms with Crippen LogP contribution in [0.15, 0.2) is 11.8 Å². The number of carbonyl (C=O) groups excluding carboxylic acids is 1. The third-order valence-corrected chi connectivity index (χ3v) is 7.63. The Morgan fingerprint density at radius 1 is 1.20 bits per heavy atom. The molecule has 16 nitrogen and oxygen atoms in total. The maximum Gasteiger partial charge on any atom is 0.249 e. The Labute approximate surface area is 239 Å². The lowest BCUT2D eigenvalue weighted by Gasteiger charge is -2.48. The maximum absolute atomic E-state index is 12.7. The minimum Gasteiger partial charge on any atom is -0.467 e. The minimum absolute atomic E-state index is 0.0216. The van der Waals surface area contributed by atoms with Crippen molar-refractivity contribution in [2.45, 2.75) is 99.1 Å². The molecular formula is C25H48N6O10. The maximum atomic E-state index is 12.7. The summed E-state index contributed by atoms with van der Waals surface area (Å²) in [6.45, 7) is 2.07. The van der Waals surface area contributed by atoms with Crippen molar-refractivity contribution in [3.05, 3.63) is 11.8 Å². The van der Waals surface area contributed by atoms with Gasteiger partial charge < -0.3 is 77.6 Å². The highest BCUT2D eigenvalue weighted by Gasteiger charge is 2.51. The molecule has 0 aromatic heterocycles. The number of rotatable bonds is 13. The zero-order valence-corrected chi connectivity index (χ0v) is 23.6. The normalized spacial score (nSPS) is 40.4. The van der Waals surface area contributed by atoms with Crippen LogP contribution in [0.25, 0.3) is 0 Å². The molecule has 0 bridgehead atoms. The summed E-state index contributed by atoms with van der Waals surface area (Å²) in [5.74, 6) is -0.170. The molecule has 12 atom stereocenters. The number of ether oxygens (including phenoxy) is 4. The third kappa shape index (κ3) is 8.54. The summed E-state index contributed by atoms with van der Waals surface area (Å²) in [6.07, 6.45) is -6.40. The number of nitrogens with one attached hydrogen (secondary N) is 3. The van der Waals surface area contributed by atoms with Crippen LogP contribution in [0.1, 0.15) is 26.2 Å². The molecule has 238 valence electrons. The van der Waals surface area contributed by atoms with Crippen LogP contribution < -0.4 is 33.2 Å². The highest BCUT2D eigenvalue weighted by Crippen LogP contribution is 2.32. The van der Waals surface area contributed by atoms with Gasteiger partial charge >= 0.3 is 0 Å². The lowest BCUT2D eigenvalue weighted by molar-refractivity contribution is -0.304. The molecule has 41 heavy (non-hydrogen) atoms. The van der Waals surface area contributed by atoms with Crippen LogP contribution in [-0.2, 0) is 23.7 Å². The van der Waals surface area contributed by atoms with Gasteiger partial charge in [-0.05, 0) is 45.9 Å². The van der Waals surface area contributed by atoms with E-state index in [1.54, 1.807) is 7.05 Å². The molecule has 2 fully saturated rings. The molecule has 0 aromatic carbocycles. The van der Waals surface area contributed by atoms with E-state index in [1.165, 1.54) is 6.92 Å². The van der Waals surface area contributed by atoms with Crippen molar-refractivity contribution in [2.24, 2.45) is 17.2 Å². The van der Waals surface area contributed by atoms with Gasteiger partial charge in [0.25, 0.3) is 0 Å². The van der Waals surface area contributed by atoms with Gasteiger partial charge in [0.05, 0.1) is 37.9 Å². The summed E-state index contributed by atoms with van der Waals surface area (Å²) < 4.78 is 23.7. The van der Waals surface area contributed by atoms with Gasteiger partial charge in [-0.15, -0.1) is 0 Å². The fourth-order valence-electron chi connectivity index (χ4n) is 5.38. The van der Waals surface area contributed by atoms with Crippen LogP contribution >= 0.6 is 0 Å². The summed E-state index contributed by atoms with van der Waals surface area (Å²) in [5.41, 5.74) is 16.7. The molecule has 0 radical (unpaired) electrons. The Hall–Kier alpha value is -1.51. The standard InChI is InChI=1S/C25H48N6O10/c1-25(37)11-38-24(18(35)21(25)29-2)41-20-15(31-22(36)16(33)5-6-26)9-14(28)19(17(20)34)40-23-13(27)4-3-12(39-23)10-30-7-8-32/h3,13-21,23-24,29-30,32-35,37H,4-11,26-28H2,1-2H3,(H,31,36). The first-order valence-electron chi connectivity index (χ1n) is 14.0. The Bertz CT molecular complexity index is 869. The first-order valence-corrected chi connectivity index (χ1v) is 14.0. The Morgan fingerprint density at radius 3 is 2.56 bits per heavy atom. The van der Waals surface area contributed by atoms with Crippen molar-refractivity contribution in [3.63, 3.8) is 0 Å². The van der Waals surface area contributed by atoms with E-state index in [9.17, 15) is 25.2 Å². The molecule has 3 rings (SSSR count). The molecule has 14 N–H and O–H groups in total. The average Bonchev–Trinajstić information content (AvgIpc) is 2.91. The van der Waals surface area contributed by atoms with Gasteiger partial charge in [0.1, 0.15) is 41.9 Å². The monoisotopic (exact) mass is 592 g/mol. The van der Waals surface area contributed by atoms with Crippen molar-refractivity contribution in [1.82, 2.24) is 16.0 Å². The number of aliphatic hydroxyl groups is 5. The molecular weight excluding hydrogens is 544 g/mol. The fourth-order valence-corrected chi connectivity index (χ4v) is 5.38. The number of hydrogen-bond acceptors (Lipinski definition) is 15. The number of aliphatic hydroxyl groups excluding tert-OH is 4. The number of amides is 1. The Balaban J connectivity index is 1.79. The molecule has 2 aliphatic heterocycles. The molecule has 0 spiro atoms. The highest BCUT2D eigenvalue weighted by molar-refractivity contribution is 5.80. The van der Waals surface area contributed by atoms with Crippen LogP contribution in [-0.4, -0.2) is 144 Å². The van der Waals surface area contributed by atoms with Crippen LogP contribution in [0, 0.1) is 0 Å². The molecule has 1 aliphatic carbocycles. The van der Waals surface area contributed by atoms with Crippen molar-refractivity contribution in [2.75, 3.05) is 39.9 Å². The van der Waals surface area contributed by atoms with Crippen LogP contribution in [0.3, 0.4) is 0 Å². The van der Waals surface area contributed by atoms with Gasteiger partial charge in [-0.25, -0.2) is 0 Å². The predicted octanol–water partition coefficient (Wildman–Crippen LogP) is -5.36. The first kappa shape index (κ1) is 34.0. The van der Waals surface area contributed by atoms with Gasteiger partial charge in [0.15, 0.2) is 6.29 Å². The molecule has 1 amide bonds. The first-order chi connectivity index (χ1) is 19.4. The third-order valence-electron chi connectivity index (χ3n) is 7.63. The molecule has 3 aliphatic rings. The van der Waals surface area contributed by atoms with E-state index in [1.807, 2.05) is 6.08 Å². The highest BCUT2D eigenvalue weighted by atomic mass is 16.7. The summed E-state index contributed by atoms with van der Waals surface area (Å²) in [5, 5.41) is 60.7. The average molecular weight is 593 g/mol. The predicted molar refractivity (Wildman–Crippen MR) is 145 cm³/mol. The van der Waals surface area contributed by atoms with E-state index in [-0.39, 0.29) is 32.6 Å². The van der Waals surface area contributed by atoms with Gasteiger partial charge in [-0.1, -0.05) is 0 Å². The molecule has 12 unspecified atom stereocenters. The second-order valence-corrected chi connectivity index (χ2v) is 11.0. The van der Waals surface area contributed by atoms with Crippen LogP contribution in [0.2, 0.25) is 0 Å². The van der Waals surface area contributed by atoms with Crippen molar-refractivity contribution < 1.29 is 49.3 Å². The zero-order chi connectivity index (χ0) is 30.3. The molecule has 0 aromatic rings. The van der Waals surface area contributed by atoms with Crippen molar-refractivity contribution in [3.8, 4) is 0 Å². The molecule has 16 heteroatoms. The summed E-state index contributed by atoms with van der Waals surface area (Å²) in [4.78, 5) is 12.7. The van der Waals surface area contributed by atoms with Gasteiger partial charge in [0.2, 0.25) is 12.2 Å². The Morgan fingerprint density at radius 2 is 1.90 bits per heavy atom. The number of hydrogen-bond donors (Lipinski definition) is 11. The summed E-state index contributed by atoms with van der Waals surface area (Å²) >= 11 is 0. The van der Waals surface area contributed by atoms with Crippen molar-refractivity contribution >= 4 is 5.91 Å². The van der Waals surface area contributed by atoms with Crippen LogP contribution in [0.5, 0.6) is 0 Å². The second-order valence-electron chi connectivity index (χ2n) is 11.0. The zero-order valence-electron chi connectivity index (χ0n) is 23.6. The summed E-state index contributed by atoms with van der Waals surface area (Å²) in [6, 6.07) is -3.12. The minimum atomic E-state index is -1.46. The molecule has 2 heterocycles. The quantitative estimate of drug-likeness (QED) is 0.0891. The van der Waals surface area contributed by atoms with E-state index >= 15 is 0 Å². The van der Waals surface area contributed by atoms with E-state index in [0.29, 0.717) is 25.3 Å². The van der Waals surface area contributed by atoms with Crippen molar-refractivity contribution in [1.29, 1.82) is 0 Å². The number of nitrogens with two attached hydrogens (primary N) is 3. The van der Waals surface area contributed by atoms with E-state index < -0.39 is 78.8 Å². The SMILES string of the molecule is CNC1C(O)C(OC2C(NC(=O)C(O)CCN)CC(N)C(OC3OC(CNCCO)=CCC3N)C2O)OCC1(C)O. The number of likely N-dealkylation sites (N-methyl/N-ethyl adjacent to an activating group) is 1. The smallest absolute Gasteiger partial charge is 0.249 e. The van der Waals surface area contributed by atoms with E-state index in [0.717, 1.165) is 0 Å². The van der Waals surface area contributed by atoms with Gasteiger partial charge in [-0.3, -0.25) is 4.79 Å². The Kier molecular flexibility index (Phi) is 12.7. The topological polar surface area (TPSA) is 269 Å². The van der Waals surface area contributed by atoms with Gasteiger partial charge in [-0.2, -0.15) is 0 Å². The second kappa shape index (κ2) is 15.3. The molecule has 1 saturated carbocycles. The summed E-state index contributed by atoms with van der Waals surface area (Å²) in [7, 11) is 1.57. The lowest BCUT2D eigenvalue weighted by Crippen LogP contribution is -2.69.